The Kier molecular flexibility index (Phi) is 5.08. The molecule has 0 aromatic heterocycles. The molecule has 0 spiro atoms. The Morgan fingerprint density at radius 2 is 2.20 bits per heavy atom. The zero-order chi connectivity index (χ0) is 14.8. The van der Waals surface area contributed by atoms with E-state index in [2.05, 4.69) is 17.1 Å². The Bertz CT molecular complexity index is 345. The van der Waals surface area contributed by atoms with Crippen LogP contribution in [-0.4, -0.2) is 46.7 Å². The molecule has 0 aromatic rings. The smallest absolute Gasteiger partial charge is 0.323 e. The Hall–Kier alpha value is -0.610. The standard InChI is InChI=1S/C16H30N2O2/c1-4-13-7-9-18(11-13)14-6-5-8-16(10-14,15(19)20)17-12(2)3/h12-14,17H,4-11H2,1-3H3,(H,19,20). The zero-order valence-corrected chi connectivity index (χ0v) is 13.2. The minimum atomic E-state index is -0.707. The van der Waals surface area contributed by atoms with E-state index in [0.29, 0.717) is 6.04 Å². The highest BCUT2D eigenvalue weighted by Gasteiger charge is 2.45. The van der Waals surface area contributed by atoms with Crippen molar-refractivity contribution in [2.24, 2.45) is 5.92 Å². The second kappa shape index (κ2) is 6.44. The van der Waals surface area contributed by atoms with Crippen LogP contribution < -0.4 is 5.32 Å². The van der Waals surface area contributed by atoms with Gasteiger partial charge in [0.2, 0.25) is 0 Å². The first-order chi connectivity index (χ1) is 9.47. The fourth-order valence-electron chi connectivity index (χ4n) is 4.02. The van der Waals surface area contributed by atoms with Gasteiger partial charge in [-0.05, 0) is 58.4 Å². The molecule has 2 aliphatic rings. The molecule has 1 heterocycles. The molecule has 116 valence electrons. The largest absolute Gasteiger partial charge is 0.480 e. The number of carboxylic acid groups (broad SMARTS) is 1. The van der Waals surface area contributed by atoms with Crippen molar-refractivity contribution in [3.63, 3.8) is 0 Å². The summed E-state index contributed by atoms with van der Waals surface area (Å²) in [5.41, 5.74) is -0.707. The highest BCUT2D eigenvalue weighted by atomic mass is 16.4. The first-order valence-corrected chi connectivity index (χ1v) is 8.22. The van der Waals surface area contributed by atoms with Crippen LogP contribution in [0.5, 0.6) is 0 Å². The number of likely N-dealkylation sites (tertiary alicyclic amines) is 1. The summed E-state index contributed by atoms with van der Waals surface area (Å²) in [4.78, 5) is 14.4. The molecule has 1 aliphatic carbocycles. The molecule has 0 radical (unpaired) electrons. The van der Waals surface area contributed by atoms with Gasteiger partial charge in [0.25, 0.3) is 0 Å². The van der Waals surface area contributed by atoms with Crippen molar-refractivity contribution in [2.75, 3.05) is 13.1 Å². The summed E-state index contributed by atoms with van der Waals surface area (Å²) >= 11 is 0. The van der Waals surface area contributed by atoms with Crippen LogP contribution in [0.2, 0.25) is 0 Å². The van der Waals surface area contributed by atoms with Gasteiger partial charge in [-0.2, -0.15) is 0 Å². The second-order valence-electron chi connectivity index (χ2n) is 6.99. The maximum atomic E-state index is 11.8. The fraction of sp³-hybridized carbons (Fsp3) is 0.938. The molecule has 0 bridgehead atoms. The first kappa shape index (κ1) is 15.8. The number of carboxylic acids is 1. The summed E-state index contributed by atoms with van der Waals surface area (Å²) in [5.74, 6) is 0.149. The van der Waals surface area contributed by atoms with Crippen LogP contribution in [0.1, 0.15) is 59.3 Å². The lowest BCUT2D eigenvalue weighted by Crippen LogP contribution is -2.59. The highest BCUT2D eigenvalue weighted by molar-refractivity contribution is 5.79. The molecule has 4 heteroatoms. The summed E-state index contributed by atoms with van der Waals surface area (Å²) in [5, 5.41) is 13.1. The van der Waals surface area contributed by atoms with Crippen molar-refractivity contribution in [2.45, 2.75) is 76.9 Å². The number of hydrogen-bond acceptors (Lipinski definition) is 3. The molecular weight excluding hydrogens is 252 g/mol. The molecule has 1 saturated carbocycles. The molecule has 1 saturated heterocycles. The third-order valence-corrected chi connectivity index (χ3v) is 5.11. The van der Waals surface area contributed by atoms with Gasteiger partial charge in [0.1, 0.15) is 5.54 Å². The van der Waals surface area contributed by atoms with Crippen LogP contribution >= 0.6 is 0 Å². The number of rotatable bonds is 5. The monoisotopic (exact) mass is 282 g/mol. The van der Waals surface area contributed by atoms with Gasteiger partial charge in [-0.15, -0.1) is 0 Å². The number of carbonyl (C=O) groups is 1. The van der Waals surface area contributed by atoms with E-state index in [1.54, 1.807) is 0 Å². The summed E-state index contributed by atoms with van der Waals surface area (Å²) in [6, 6.07) is 0.662. The minimum Gasteiger partial charge on any atom is -0.480 e. The molecule has 2 N–H and O–H groups in total. The summed E-state index contributed by atoms with van der Waals surface area (Å²) in [7, 11) is 0. The van der Waals surface area contributed by atoms with Crippen molar-refractivity contribution in [1.29, 1.82) is 0 Å². The summed E-state index contributed by atoms with van der Waals surface area (Å²) in [6.07, 6.45) is 6.23. The highest BCUT2D eigenvalue weighted by Crippen LogP contribution is 2.34. The van der Waals surface area contributed by atoms with Gasteiger partial charge in [-0.3, -0.25) is 10.1 Å². The molecular formula is C16H30N2O2. The third kappa shape index (κ3) is 3.34. The second-order valence-corrected chi connectivity index (χ2v) is 6.99. The topological polar surface area (TPSA) is 52.6 Å². The van der Waals surface area contributed by atoms with Gasteiger partial charge in [-0.1, -0.05) is 13.3 Å². The van der Waals surface area contributed by atoms with Crippen LogP contribution in [0.3, 0.4) is 0 Å². The predicted octanol–water partition coefficient (Wildman–Crippen LogP) is 2.48. The molecule has 0 aromatic carbocycles. The van der Waals surface area contributed by atoms with Crippen molar-refractivity contribution in [3.05, 3.63) is 0 Å². The molecule has 3 atom stereocenters. The molecule has 4 nitrogen and oxygen atoms in total. The molecule has 1 aliphatic heterocycles. The van der Waals surface area contributed by atoms with Crippen LogP contribution in [0.4, 0.5) is 0 Å². The Morgan fingerprint density at radius 3 is 2.75 bits per heavy atom. The van der Waals surface area contributed by atoms with Crippen LogP contribution in [0, 0.1) is 5.92 Å². The predicted molar refractivity (Wildman–Crippen MR) is 80.9 cm³/mol. The van der Waals surface area contributed by atoms with Crippen LogP contribution in [-0.2, 0) is 4.79 Å². The Balaban J connectivity index is 2.04. The molecule has 0 amide bonds. The lowest BCUT2D eigenvalue weighted by Gasteiger charge is -2.42. The SMILES string of the molecule is CCC1CCN(C2CCCC(NC(C)C)(C(=O)O)C2)C1. The van der Waals surface area contributed by atoms with E-state index in [1.165, 1.54) is 19.4 Å². The van der Waals surface area contributed by atoms with E-state index in [0.717, 1.165) is 38.1 Å². The Morgan fingerprint density at radius 1 is 1.45 bits per heavy atom. The molecule has 20 heavy (non-hydrogen) atoms. The van der Waals surface area contributed by atoms with Gasteiger partial charge in [0.05, 0.1) is 0 Å². The maximum absolute atomic E-state index is 11.8. The zero-order valence-electron chi connectivity index (χ0n) is 13.2. The Labute approximate surface area is 122 Å². The third-order valence-electron chi connectivity index (χ3n) is 5.11. The molecule has 2 fully saturated rings. The quantitative estimate of drug-likeness (QED) is 0.813. The van der Waals surface area contributed by atoms with Gasteiger partial charge in [0.15, 0.2) is 0 Å². The average molecular weight is 282 g/mol. The number of nitrogens with one attached hydrogen (secondary N) is 1. The van der Waals surface area contributed by atoms with E-state index in [1.807, 2.05) is 13.8 Å². The number of hydrogen-bond donors (Lipinski definition) is 2. The van der Waals surface area contributed by atoms with Crippen molar-refractivity contribution in [1.82, 2.24) is 10.2 Å². The molecule has 3 unspecified atom stereocenters. The van der Waals surface area contributed by atoms with Gasteiger partial charge >= 0.3 is 5.97 Å². The van der Waals surface area contributed by atoms with Crippen molar-refractivity contribution in [3.8, 4) is 0 Å². The number of nitrogens with zero attached hydrogens (tertiary/aromatic N) is 1. The van der Waals surface area contributed by atoms with Crippen LogP contribution in [0.15, 0.2) is 0 Å². The first-order valence-electron chi connectivity index (χ1n) is 8.22. The van der Waals surface area contributed by atoms with Gasteiger partial charge in [0, 0.05) is 18.6 Å². The fourth-order valence-corrected chi connectivity index (χ4v) is 4.02. The normalized spacial score (nSPS) is 35.6. The van der Waals surface area contributed by atoms with E-state index >= 15 is 0 Å². The van der Waals surface area contributed by atoms with E-state index in [4.69, 9.17) is 0 Å². The van der Waals surface area contributed by atoms with Gasteiger partial charge < -0.3 is 10.0 Å². The summed E-state index contributed by atoms with van der Waals surface area (Å²) in [6.45, 7) is 8.66. The lowest BCUT2D eigenvalue weighted by molar-refractivity contribution is -0.147. The maximum Gasteiger partial charge on any atom is 0.323 e. The van der Waals surface area contributed by atoms with Gasteiger partial charge in [-0.25, -0.2) is 0 Å². The van der Waals surface area contributed by atoms with E-state index < -0.39 is 11.5 Å². The summed E-state index contributed by atoms with van der Waals surface area (Å²) < 4.78 is 0. The van der Waals surface area contributed by atoms with Crippen molar-refractivity contribution >= 4 is 5.97 Å². The average Bonchev–Trinajstić information content (AvgIpc) is 2.86. The minimum absolute atomic E-state index is 0.215. The number of aliphatic carboxylic acids is 1. The van der Waals surface area contributed by atoms with Crippen LogP contribution in [0.25, 0.3) is 0 Å². The van der Waals surface area contributed by atoms with Crippen molar-refractivity contribution < 1.29 is 9.90 Å². The van der Waals surface area contributed by atoms with E-state index in [-0.39, 0.29) is 6.04 Å². The lowest BCUT2D eigenvalue weighted by atomic mass is 9.78. The van der Waals surface area contributed by atoms with E-state index in [9.17, 15) is 9.90 Å². The molecule has 2 rings (SSSR count).